The summed E-state index contributed by atoms with van der Waals surface area (Å²) < 4.78 is 2.56. The molecule has 0 bridgehead atoms. The number of thiophene rings is 1. The van der Waals surface area contributed by atoms with E-state index in [1.165, 1.54) is 42.1 Å². The molecule has 0 aliphatic heterocycles. The Balaban J connectivity index is 1.02. The zero-order valence-electron chi connectivity index (χ0n) is 30.3. The Labute approximate surface area is 328 Å². The minimum Gasteiger partial charge on any atom is -0.310 e. The molecular formula is C52H33N3S. The van der Waals surface area contributed by atoms with Gasteiger partial charge in [0.15, 0.2) is 0 Å². The maximum absolute atomic E-state index is 5.42. The highest BCUT2D eigenvalue weighted by Gasteiger charge is 2.18. The van der Waals surface area contributed by atoms with Gasteiger partial charge in [0.1, 0.15) is 0 Å². The van der Waals surface area contributed by atoms with Gasteiger partial charge in [-0.25, -0.2) is 9.97 Å². The van der Waals surface area contributed by atoms with Crippen LogP contribution in [0.3, 0.4) is 0 Å². The Hall–Kier alpha value is -7.14. The second-order valence-electron chi connectivity index (χ2n) is 14.2. The topological polar surface area (TPSA) is 29.0 Å². The fraction of sp³-hybridized carbons (Fsp3) is 0. The average Bonchev–Trinajstić information content (AvgIpc) is 3.64. The summed E-state index contributed by atoms with van der Waals surface area (Å²) in [5, 5.41) is 7.20. The lowest BCUT2D eigenvalue weighted by Gasteiger charge is -2.25. The van der Waals surface area contributed by atoms with Gasteiger partial charge in [-0.05, 0) is 87.9 Å². The third-order valence-electron chi connectivity index (χ3n) is 10.8. The molecule has 0 aliphatic rings. The predicted octanol–water partition coefficient (Wildman–Crippen LogP) is 14.8. The minimum absolute atomic E-state index is 0.890. The van der Waals surface area contributed by atoms with E-state index in [0.29, 0.717) is 0 Å². The zero-order chi connectivity index (χ0) is 37.0. The first kappa shape index (κ1) is 32.3. The van der Waals surface area contributed by atoms with E-state index in [9.17, 15) is 0 Å². The molecule has 262 valence electrons. The summed E-state index contributed by atoms with van der Waals surface area (Å²) >= 11 is 1.85. The van der Waals surface area contributed by atoms with Crippen molar-refractivity contribution in [3.05, 3.63) is 200 Å². The van der Waals surface area contributed by atoms with Crippen LogP contribution in [0.1, 0.15) is 0 Å². The van der Waals surface area contributed by atoms with Crippen LogP contribution in [0.15, 0.2) is 200 Å². The van der Waals surface area contributed by atoms with Crippen LogP contribution in [-0.4, -0.2) is 9.97 Å². The molecule has 0 saturated heterocycles. The molecule has 9 aromatic carbocycles. The van der Waals surface area contributed by atoms with Crippen molar-refractivity contribution in [1.29, 1.82) is 0 Å². The van der Waals surface area contributed by atoms with Gasteiger partial charge in [0.2, 0.25) is 0 Å². The first-order valence-corrected chi connectivity index (χ1v) is 19.7. The molecule has 0 radical (unpaired) electrons. The molecular weight excluding hydrogens is 699 g/mol. The van der Waals surface area contributed by atoms with Gasteiger partial charge >= 0.3 is 0 Å². The molecule has 3 nitrogen and oxygen atoms in total. The molecule has 2 heterocycles. The van der Waals surface area contributed by atoms with Crippen molar-refractivity contribution in [2.75, 3.05) is 4.90 Å². The molecule has 0 aliphatic carbocycles. The maximum atomic E-state index is 5.42. The van der Waals surface area contributed by atoms with Gasteiger partial charge in [0.25, 0.3) is 0 Å². The van der Waals surface area contributed by atoms with E-state index in [-0.39, 0.29) is 0 Å². The van der Waals surface area contributed by atoms with Gasteiger partial charge in [-0.1, -0.05) is 140 Å². The molecule has 0 N–H and O–H groups in total. The molecule has 56 heavy (non-hydrogen) atoms. The van der Waals surface area contributed by atoms with Crippen molar-refractivity contribution in [2.24, 2.45) is 0 Å². The highest BCUT2D eigenvalue weighted by molar-refractivity contribution is 7.25. The Morgan fingerprint density at radius 1 is 0.357 bits per heavy atom. The fourth-order valence-electron chi connectivity index (χ4n) is 8.13. The Bertz CT molecular complexity index is 3190. The molecule has 0 fully saturated rings. The number of benzene rings is 9. The van der Waals surface area contributed by atoms with Crippen LogP contribution in [0.25, 0.3) is 86.4 Å². The first-order chi connectivity index (χ1) is 27.7. The molecule has 11 aromatic rings. The smallest absolute Gasteiger partial charge is 0.0979 e. The summed E-state index contributed by atoms with van der Waals surface area (Å²) in [6.07, 6.45) is 0. The summed E-state index contributed by atoms with van der Waals surface area (Å²) in [4.78, 5) is 13.0. The summed E-state index contributed by atoms with van der Waals surface area (Å²) in [6.45, 7) is 0. The van der Waals surface area contributed by atoms with Crippen molar-refractivity contribution in [3.8, 4) is 33.6 Å². The highest BCUT2D eigenvalue weighted by Crippen LogP contribution is 2.42. The average molecular weight is 732 g/mol. The van der Waals surface area contributed by atoms with Crippen LogP contribution >= 0.6 is 11.3 Å². The number of para-hydroxylation sites is 2. The van der Waals surface area contributed by atoms with Crippen molar-refractivity contribution in [1.82, 2.24) is 9.97 Å². The lowest BCUT2D eigenvalue weighted by Crippen LogP contribution is -2.09. The van der Waals surface area contributed by atoms with E-state index in [1.54, 1.807) is 0 Å². The molecule has 0 unspecified atom stereocenters. The number of hydrogen-bond acceptors (Lipinski definition) is 4. The number of anilines is 3. The van der Waals surface area contributed by atoms with Gasteiger partial charge < -0.3 is 4.90 Å². The SMILES string of the molecule is c1ccc(-c2nc3ccc4ccc5cc(-c6ccc7sc8cc(N(c9ccccc9)c9ccccc9)ccc8c7c6)ccc5c4c3nc2-c2ccccc2)cc1. The van der Waals surface area contributed by atoms with Crippen LogP contribution in [0, 0.1) is 0 Å². The van der Waals surface area contributed by atoms with Gasteiger partial charge in [0, 0.05) is 53.7 Å². The maximum Gasteiger partial charge on any atom is 0.0979 e. The molecule has 4 heteroatoms. The number of fused-ring (bicyclic) bond motifs is 8. The van der Waals surface area contributed by atoms with E-state index >= 15 is 0 Å². The van der Waals surface area contributed by atoms with Gasteiger partial charge in [-0.15, -0.1) is 11.3 Å². The molecule has 0 amide bonds. The summed E-state index contributed by atoms with van der Waals surface area (Å²) in [5.41, 5.74) is 11.5. The number of nitrogens with zero attached hydrogens (tertiary/aromatic N) is 3. The van der Waals surface area contributed by atoms with Crippen LogP contribution in [0.2, 0.25) is 0 Å². The van der Waals surface area contributed by atoms with Gasteiger partial charge in [0.05, 0.1) is 22.4 Å². The zero-order valence-corrected chi connectivity index (χ0v) is 31.1. The summed E-state index contributed by atoms with van der Waals surface area (Å²) in [5.74, 6) is 0. The molecule has 0 spiro atoms. The highest BCUT2D eigenvalue weighted by atomic mass is 32.1. The second-order valence-corrected chi connectivity index (χ2v) is 15.3. The van der Waals surface area contributed by atoms with E-state index < -0.39 is 0 Å². The van der Waals surface area contributed by atoms with Crippen LogP contribution in [0.5, 0.6) is 0 Å². The Kier molecular flexibility index (Phi) is 7.68. The van der Waals surface area contributed by atoms with Crippen molar-refractivity contribution < 1.29 is 0 Å². The molecule has 0 saturated carbocycles. The van der Waals surface area contributed by atoms with E-state index in [2.05, 4.69) is 193 Å². The van der Waals surface area contributed by atoms with E-state index in [1.807, 2.05) is 23.5 Å². The first-order valence-electron chi connectivity index (χ1n) is 18.9. The Morgan fingerprint density at radius 3 is 1.62 bits per heavy atom. The second kappa shape index (κ2) is 13.3. The quantitative estimate of drug-likeness (QED) is 0.159. The van der Waals surface area contributed by atoms with Crippen molar-refractivity contribution >= 4 is 81.1 Å². The summed E-state index contributed by atoms with van der Waals surface area (Å²) in [6, 6.07) is 71.3. The minimum atomic E-state index is 0.890. The van der Waals surface area contributed by atoms with Gasteiger partial charge in [-0.3, -0.25) is 0 Å². The monoisotopic (exact) mass is 731 g/mol. The Morgan fingerprint density at radius 2 is 0.929 bits per heavy atom. The third-order valence-corrected chi connectivity index (χ3v) is 11.9. The normalized spacial score (nSPS) is 11.6. The van der Waals surface area contributed by atoms with Crippen molar-refractivity contribution in [2.45, 2.75) is 0 Å². The fourth-order valence-corrected chi connectivity index (χ4v) is 9.25. The predicted molar refractivity (Wildman–Crippen MR) is 238 cm³/mol. The van der Waals surface area contributed by atoms with Gasteiger partial charge in [-0.2, -0.15) is 0 Å². The van der Waals surface area contributed by atoms with Crippen LogP contribution < -0.4 is 4.90 Å². The number of rotatable bonds is 6. The summed E-state index contributed by atoms with van der Waals surface area (Å²) in [7, 11) is 0. The molecule has 0 atom stereocenters. The third kappa shape index (κ3) is 5.50. The lowest BCUT2D eigenvalue weighted by atomic mass is 9.95. The van der Waals surface area contributed by atoms with Crippen LogP contribution in [-0.2, 0) is 0 Å². The van der Waals surface area contributed by atoms with E-state index in [4.69, 9.17) is 9.97 Å². The largest absolute Gasteiger partial charge is 0.310 e. The standard InChI is InChI=1S/C52H33N3S/c1-5-13-35(14-6-1)50-51(36-15-7-2-8-16-36)54-52-46(53-50)29-24-34-21-22-39-31-37(23-27-43(39)49(34)52)38-25-30-47-45(32-38)44-28-26-42(33-48(44)56-47)55(40-17-9-3-10-18-40)41-19-11-4-12-20-41/h1-33H. The lowest BCUT2D eigenvalue weighted by molar-refractivity contribution is 1.29. The molecule has 2 aromatic heterocycles. The number of aromatic nitrogens is 2. The van der Waals surface area contributed by atoms with Crippen LogP contribution in [0.4, 0.5) is 17.1 Å². The van der Waals surface area contributed by atoms with Crippen molar-refractivity contribution in [3.63, 3.8) is 0 Å². The molecule has 11 rings (SSSR count). The van der Waals surface area contributed by atoms with E-state index in [0.717, 1.165) is 61.4 Å². The number of hydrogen-bond donors (Lipinski definition) is 0.